The zero-order valence-corrected chi connectivity index (χ0v) is 19.8. The zero-order valence-electron chi connectivity index (χ0n) is 18.2. The van der Waals surface area contributed by atoms with Gasteiger partial charge in [-0.15, -0.1) is 0 Å². The Kier molecular flexibility index (Phi) is 7.15. The van der Waals surface area contributed by atoms with Gasteiger partial charge in [-0.3, -0.25) is 10.2 Å². The normalized spacial score (nSPS) is 17.2. The van der Waals surface area contributed by atoms with E-state index in [1.807, 2.05) is 12.1 Å². The van der Waals surface area contributed by atoms with Gasteiger partial charge >= 0.3 is 0 Å². The number of thioether (sulfide) groups is 1. The molecule has 2 aromatic carbocycles. The second kappa shape index (κ2) is 10.2. The molecule has 0 radical (unpaired) electrons. The van der Waals surface area contributed by atoms with Crippen LogP contribution in [0.5, 0.6) is 11.5 Å². The van der Waals surface area contributed by atoms with E-state index in [0.717, 1.165) is 12.2 Å². The Morgan fingerprint density at radius 3 is 2.67 bits per heavy atom. The minimum atomic E-state index is -0.477. The lowest BCUT2D eigenvalue weighted by Gasteiger charge is -2.20. The highest BCUT2D eigenvalue weighted by molar-refractivity contribution is 8.25. The third kappa shape index (κ3) is 5.29. The molecule has 2 heterocycles. The molecule has 0 fully saturated rings. The van der Waals surface area contributed by atoms with Gasteiger partial charge in [-0.05, 0) is 65.6 Å². The van der Waals surface area contributed by atoms with Crippen LogP contribution in [-0.2, 0) is 4.79 Å². The Morgan fingerprint density at radius 2 is 1.94 bits per heavy atom. The number of fused-ring (bicyclic) bond motifs is 1. The number of nitrogens with zero attached hydrogens (tertiary/aromatic N) is 3. The maximum atomic E-state index is 12.3. The highest BCUT2D eigenvalue weighted by Gasteiger charge is 2.32. The standard InChI is InChI=1S/C24H23ClN4O3S/c1-3-15(2)17-5-7-18(8-6-17)31-10-11-32-21-9-4-16(13-20(21)25)12-19-22(26)29-24(28-23(19)30)33-14-27-29/h4-9,12-15,26H,3,10-11H2,1-2H3/b19-12-,26-22?. The van der Waals surface area contributed by atoms with E-state index in [1.54, 1.807) is 24.3 Å². The van der Waals surface area contributed by atoms with Gasteiger partial charge in [0.2, 0.25) is 0 Å². The van der Waals surface area contributed by atoms with E-state index < -0.39 is 5.91 Å². The number of amidine groups is 2. The van der Waals surface area contributed by atoms with Crippen LogP contribution in [0.25, 0.3) is 6.08 Å². The summed E-state index contributed by atoms with van der Waals surface area (Å²) in [6.07, 6.45) is 2.68. The van der Waals surface area contributed by atoms with Gasteiger partial charge in [-0.1, -0.05) is 43.6 Å². The molecule has 33 heavy (non-hydrogen) atoms. The summed E-state index contributed by atoms with van der Waals surface area (Å²) in [5.41, 5.74) is 3.65. The number of carbonyl (C=O) groups excluding carboxylic acids is 1. The van der Waals surface area contributed by atoms with Crippen LogP contribution in [0.4, 0.5) is 0 Å². The molecule has 0 aliphatic carbocycles. The molecule has 2 aromatic rings. The maximum absolute atomic E-state index is 12.3. The molecule has 1 amide bonds. The molecule has 9 heteroatoms. The predicted octanol–water partition coefficient (Wildman–Crippen LogP) is 5.56. The monoisotopic (exact) mass is 482 g/mol. The van der Waals surface area contributed by atoms with Gasteiger partial charge in [0.1, 0.15) is 24.7 Å². The number of hydrazone groups is 1. The summed E-state index contributed by atoms with van der Waals surface area (Å²) in [5, 5.41) is 14.4. The Morgan fingerprint density at radius 1 is 1.18 bits per heavy atom. The number of benzene rings is 2. The smallest absolute Gasteiger partial charge is 0.283 e. The van der Waals surface area contributed by atoms with Crippen molar-refractivity contribution in [2.24, 2.45) is 10.1 Å². The summed E-state index contributed by atoms with van der Waals surface area (Å²) in [6.45, 7) is 5.09. The number of ether oxygens (including phenoxy) is 2. The Labute approximate surface area is 201 Å². The topological polar surface area (TPSA) is 87.3 Å². The van der Waals surface area contributed by atoms with Crippen LogP contribution < -0.4 is 9.47 Å². The van der Waals surface area contributed by atoms with Crippen molar-refractivity contribution in [3.8, 4) is 11.5 Å². The third-order valence-electron chi connectivity index (χ3n) is 5.33. The lowest BCUT2D eigenvalue weighted by atomic mass is 9.99. The number of aliphatic imine (C=N–C) groups is 1. The molecule has 0 spiro atoms. The van der Waals surface area contributed by atoms with Crippen molar-refractivity contribution in [2.75, 3.05) is 13.2 Å². The summed E-state index contributed by atoms with van der Waals surface area (Å²) in [4.78, 5) is 16.3. The number of hydrogen-bond acceptors (Lipinski definition) is 6. The van der Waals surface area contributed by atoms with Crippen molar-refractivity contribution in [1.29, 1.82) is 5.41 Å². The van der Waals surface area contributed by atoms with Crippen molar-refractivity contribution in [3.63, 3.8) is 0 Å². The first kappa shape index (κ1) is 23.1. The second-order valence-corrected chi connectivity index (χ2v) is 8.74. The van der Waals surface area contributed by atoms with E-state index in [4.69, 9.17) is 26.5 Å². The first-order chi connectivity index (χ1) is 16.0. The van der Waals surface area contributed by atoms with E-state index in [0.29, 0.717) is 40.6 Å². The van der Waals surface area contributed by atoms with E-state index in [9.17, 15) is 4.79 Å². The first-order valence-corrected chi connectivity index (χ1v) is 11.8. The molecule has 4 rings (SSSR count). The fourth-order valence-corrected chi connectivity index (χ4v) is 4.12. The molecule has 1 atom stereocenters. The SMILES string of the molecule is CCC(C)c1ccc(OCCOc2ccc(/C=C3/C(=N)N4N=CSC4=NC3=O)cc2Cl)cc1. The average molecular weight is 483 g/mol. The molecule has 2 aliphatic rings. The number of nitrogens with one attached hydrogen (secondary N) is 1. The van der Waals surface area contributed by atoms with Gasteiger partial charge in [0.05, 0.1) is 16.1 Å². The molecule has 1 N–H and O–H groups in total. The number of amides is 1. The van der Waals surface area contributed by atoms with Gasteiger partial charge in [-0.2, -0.15) is 15.1 Å². The van der Waals surface area contributed by atoms with Gasteiger partial charge in [-0.25, -0.2) is 0 Å². The van der Waals surface area contributed by atoms with Crippen molar-refractivity contribution >= 4 is 51.9 Å². The molecule has 0 saturated carbocycles. The van der Waals surface area contributed by atoms with Crippen LogP contribution in [0, 0.1) is 5.41 Å². The molecule has 2 aliphatic heterocycles. The van der Waals surface area contributed by atoms with E-state index >= 15 is 0 Å². The molecule has 7 nitrogen and oxygen atoms in total. The van der Waals surface area contributed by atoms with Crippen LogP contribution in [0.3, 0.4) is 0 Å². The highest BCUT2D eigenvalue weighted by Crippen LogP contribution is 2.29. The Hall–Kier alpha value is -3.10. The minimum absolute atomic E-state index is 0.0166. The van der Waals surface area contributed by atoms with Gasteiger partial charge in [0, 0.05) is 0 Å². The summed E-state index contributed by atoms with van der Waals surface area (Å²) >= 11 is 7.57. The van der Waals surface area contributed by atoms with Crippen molar-refractivity contribution < 1.29 is 14.3 Å². The summed E-state index contributed by atoms with van der Waals surface area (Å²) in [7, 11) is 0. The quantitative estimate of drug-likeness (QED) is 0.393. The van der Waals surface area contributed by atoms with E-state index in [-0.39, 0.29) is 11.4 Å². The summed E-state index contributed by atoms with van der Waals surface area (Å²) in [5.74, 6) is 1.35. The van der Waals surface area contributed by atoms with Crippen LogP contribution in [0.15, 0.2) is 58.1 Å². The lowest BCUT2D eigenvalue weighted by molar-refractivity contribution is -0.114. The summed E-state index contributed by atoms with van der Waals surface area (Å²) < 4.78 is 11.5. The number of carbonyl (C=O) groups is 1. The highest BCUT2D eigenvalue weighted by atomic mass is 35.5. The van der Waals surface area contributed by atoms with Crippen LogP contribution >= 0.6 is 23.4 Å². The molecule has 0 aromatic heterocycles. The molecular weight excluding hydrogens is 460 g/mol. The molecule has 0 saturated heterocycles. The molecular formula is C24H23ClN4O3S. The fraction of sp³-hybridized carbons (Fsp3) is 0.250. The average Bonchev–Trinajstić information content (AvgIpc) is 3.29. The van der Waals surface area contributed by atoms with Gasteiger partial charge in [0.15, 0.2) is 11.0 Å². The van der Waals surface area contributed by atoms with Gasteiger partial charge in [0.25, 0.3) is 5.91 Å². The Bertz CT molecular complexity index is 1160. The number of hydrogen-bond donors (Lipinski definition) is 1. The van der Waals surface area contributed by atoms with Crippen molar-refractivity contribution in [3.05, 3.63) is 64.2 Å². The van der Waals surface area contributed by atoms with Crippen LogP contribution in [0.2, 0.25) is 5.02 Å². The molecule has 170 valence electrons. The van der Waals surface area contributed by atoms with Gasteiger partial charge < -0.3 is 9.47 Å². The number of rotatable bonds is 8. The zero-order chi connectivity index (χ0) is 23.4. The Balaban J connectivity index is 1.33. The largest absolute Gasteiger partial charge is 0.490 e. The molecule has 1 unspecified atom stereocenters. The fourth-order valence-electron chi connectivity index (χ4n) is 3.27. The van der Waals surface area contributed by atoms with E-state index in [1.165, 1.54) is 27.9 Å². The molecule has 0 bridgehead atoms. The number of halogens is 1. The van der Waals surface area contributed by atoms with Crippen LogP contribution in [-0.4, -0.2) is 40.7 Å². The minimum Gasteiger partial charge on any atom is -0.490 e. The predicted molar refractivity (Wildman–Crippen MR) is 134 cm³/mol. The van der Waals surface area contributed by atoms with Crippen LogP contribution in [0.1, 0.15) is 37.3 Å². The second-order valence-electron chi connectivity index (χ2n) is 7.52. The van der Waals surface area contributed by atoms with Crippen molar-refractivity contribution in [2.45, 2.75) is 26.2 Å². The van der Waals surface area contributed by atoms with E-state index in [2.05, 4.69) is 36.1 Å². The third-order valence-corrected chi connectivity index (χ3v) is 6.30. The van der Waals surface area contributed by atoms with Crippen molar-refractivity contribution in [1.82, 2.24) is 5.01 Å². The lowest BCUT2D eigenvalue weighted by Crippen LogP contribution is -2.35. The maximum Gasteiger partial charge on any atom is 0.283 e. The first-order valence-electron chi connectivity index (χ1n) is 10.5. The summed E-state index contributed by atoms with van der Waals surface area (Å²) in [6, 6.07) is 13.3.